The van der Waals surface area contributed by atoms with Crippen molar-refractivity contribution in [2.75, 3.05) is 18.0 Å². The molecule has 4 heteroatoms. The fourth-order valence-corrected chi connectivity index (χ4v) is 3.09. The summed E-state index contributed by atoms with van der Waals surface area (Å²) < 4.78 is 14.2. The van der Waals surface area contributed by atoms with Gasteiger partial charge in [-0.15, -0.1) is 11.3 Å². The van der Waals surface area contributed by atoms with Gasteiger partial charge in [0.15, 0.2) is 0 Å². The van der Waals surface area contributed by atoms with Crippen molar-refractivity contribution in [3.8, 4) is 0 Å². The SMILES string of the molecule is CCCNCc1c(F)cccc1N(CC)Cc1cccs1. The summed E-state index contributed by atoms with van der Waals surface area (Å²) in [6.07, 6.45) is 1.05. The first kappa shape index (κ1) is 16.0. The Hall–Kier alpha value is -1.39. The lowest BCUT2D eigenvalue weighted by atomic mass is 10.1. The van der Waals surface area contributed by atoms with Gasteiger partial charge < -0.3 is 10.2 Å². The maximum atomic E-state index is 14.2. The third-order valence-electron chi connectivity index (χ3n) is 3.47. The van der Waals surface area contributed by atoms with Gasteiger partial charge in [0.05, 0.1) is 6.54 Å². The van der Waals surface area contributed by atoms with Crippen molar-refractivity contribution in [2.45, 2.75) is 33.4 Å². The third kappa shape index (κ3) is 4.29. The summed E-state index contributed by atoms with van der Waals surface area (Å²) >= 11 is 1.74. The van der Waals surface area contributed by atoms with Crippen LogP contribution in [-0.4, -0.2) is 13.1 Å². The molecule has 2 aromatic rings. The first-order chi connectivity index (χ1) is 10.3. The summed E-state index contributed by atoms with van der Waals surface area (Å²) in [5.41, 5.74) is 1.76. The van der Waals surface area contributed by atoms with Gasteiger partial charge in [-0.2, -0.15) is 0 Å². The molecule has 1 N–H and O–H groups in total. The quantitative estimate of drug-likeness (QED) is 0.727. The lowest BCUT2D eigenvalue weighted by Gasteiger charge is -2.25. The normalized spacial score (nSPS) is 10.8. The van der Waals surface area contributed by atoms with Crippen LogP contribution in [0.25, 0.3) is 0 Å². The Morgan fingerprint density at radius 3 is 2.71 bits per heavy atom. The van der Waals surface area contributed by atoms with Crippen LogP contribution in [0, 0.1) is 5.82 Å². The van der Waals surface area contributed by atoms with E-state index in [9.17, 15) is 4.39 Å². The maximum absolute atomic E-state index is 14.2. The molecule has 0 saturated heterocycles. The van der Waals surface area contributed by atoms with Gasteiger partial charge in [0.2, 0.25) is 0 Å². The fraction of sp³-hybridized carbons (Fsp3) is 0.412. The van der Waals surface area contributed by atoms with Gasteiger partial charge in [0, 0.05) is 29.2 Å². The van der Waals surface area contributed by atoms with E-state index in [-0.39, 0.29) is 5.82 Å². The first-order valence-electron chi connectivity index (χ1n) is 7.51. The summed E-state index contributed by atoms with van der Waals surface area (Å²) in [4.78, 5) is 3.53. The van der Waals surface area contributed by atoms with Gasteiger partial charge in [-0.05, 0) is 43.5 Å². The highest BCUT2D eigenvalue weighted by molar-refractivity contribution is 7.09. The minimum Gasteiger partial charge on any atom is -0.366 e. The zero-order valence-electron chi connectivity index (χ0n) is 12.7. The predicted octanol–water partition coefficient (Wildman–Crippen LogP) is 4.41. The van der Waals surface area contributed by atoms with Gasteiger partial charge in [-0.3, -0.25) is 0 Å². The second-order valence-corrected chi connectivity index (χ2v) is 6.04. The van der Waals surface area contributed by atoms with E-state index < -0.39 is 0 Å². The first-order valence-corrected chi connectivity index (χ1v) is 8.39. The second kappa shape index (κ2) is 8.15. The molecule has 0 aliphatic carbocycles. The Labute approximate surface area is 130 Å². The number of halogens is 1. The van der Waals surface area contributed by atoms with Crippen LogP contribution in [0.3, 0.4) is 0 Å². The molecular formula is C17H23FN2S. The molecule has 1 heterocycles. The lowest BCUT2D eigenvalue weighted by Crippen LogP contribution is -2.25. The molecule has 0 spiro atoms. The molecular weight excluding hydrogens is 283 g/mol. The van der Waals surface area contributed by atoms with Crippen molar-refractivity contribution < 1.29 is 4.39 Å². The Kier molecular flexibility index (Phi) is 6.21. The van der Waals surface area contributed by atoms with E-state index in [0.717, 1.165) is 37.3 Å². The van der Waals surface area contributed by atoms with Crippen LogP contribution in [0.4, 0.5) is 10.1 Å². The zero-order chi connectivity index (χ0) is 15.1. The van der Waals surface area contributed by atoms with Crippen LogP contribution in [0.5, 0.6) is 0 Å². The number of nitrogens with zero attached hydrogens (tertiary/aromatic N) is 1. The van der Waals surface area contributed by atoms with Crippen molar-refractivity contribution in [3.05, 3.63) is 52.0 Å². The second-order valence-electron chi connectivity index (χ2n) is 5.01. The Balaban J connectivity index is 2.21. The van der Waals surface area contributed by atoms with Gasteiger partial charge in [-0.1, -0.05) is 19.1 Å². The molecule has 2 rings (SSSR count). The highest BCUT2D eigenvalue weighted by Crippen LogP contribution is 2.25. The number of hydrogen-bond donors (Lipinski definition) is 1. The molecule has 1 aromatic carbocycles. The standard InChI is InChI=1S/C17H23FN2S/c1-3-10-19-12-15-16(18)8-5-9-17(15)20(4-2)13-14-7-6-11-21-14/h5-9,11,19H,3-4,10,12-13H2,1-2H3. The Bertz CT molecular complexity index is 540. The number of anilines is 1. The van der Waals surface area contributed by atoms with E-state index in [1.165, 1.54) is 4.88 Å². The number of thiophene rings is 1. The molecule has 2 nitrogen and oxygen atoms in total. The molecule has 0 amide bonds. The number of benzene rings is 1. The van der Waals surface area contributed by atoms with Gasteiger partial charge >= 0.3 is 0 Å². The maximum Gasteiger partial charge on any atom is 0.129 e. The molecule has 0 aliphatic rings. The van der Waals surface area contributed by atoms with Gasteiger partial charge in [-0.25, -0.2) is 4.39 Å². The van der Waals surface area contributed by atoms with Crippen LogP contribution in [-0.2, 0) is 13.1 Å². The van der Waals surface area contributed by atoms with Crippen LogP contribution in [0.1, 0.15) is 30.7 Å². The van der Waals surface area contributed by atoms with E-state index in [2.05, 4.69) is 41.6 Å². The van der Waals surface area contributed by atoms with E-state index in [4.69, 9.17) is 0 Å². The van der Waals surface area contributed by atoms with Crippen molar-refractivity contribution in [3.63, 3.8) is 0 Å². The Morgan fingerprint density at radius 1 is 1.19 bits per heavy atom. The van der Waals surface area contributed by atoms with Gasteiger partial charge in [0.25, 0.3) is 0 Å². The topological polar surface area (TPSA) is 15.3 Å². The van der Waals surface area contributed by atoms with E-state index in [1.807, 2.05) is 6.07 Å². The Morgan fingerprint density at radius 2 is 2.05 bits per heavy atom. The summed E-state index contributed by atoms with van der Waals surface area (Å²) in [7, 11) is 0. The molecule has 0 unspecified atom stereocenters. The third-order valence-corrected chi connectivity index (χ3v) is 4.33. The predicted molar refractivity (Wildman–Crippen MR) is 89.4 cm³/mol. The highest BCUT2D eigenvalue weighted by Gasteiger charge is 2.14. The van der Waals surface area contributed by atoms with Crippen LogP contribution in [0.2, 0.25) is 0 Å². The number of rotatable bonds is 8. The zero-order valence-corrected chi connectivity index (χ0v) is 13.5. The largest absolute Gasteiger partial charge is 0.366 e. The van der Waals surface area contributed by atoms with Crippen molar-refractivity contribution in [1.82, 2.24) is 5.32 Å². The van der Waals surface area contributed by atoms with Crippen LogP contribution in [0.15, 0.2) is 35.7 Å². The molecule has 1 aromatic heterocycles. The lowest BCUT2D eigenvalue weighted by molar-refractivity contribution is 0.584. The van der Waals surface area contributed by atoms with Crippen LogP contribution >= 0.6 is 11.3 Å². The van der Waals surface area contributed by atoms with Crippen molar-refractivity contribution >= 4 is 17.0 Å². The molecule has 0 fully saturated rings. The number of hydrogen-bond acceptors (Lipinski definition) is 3. The summed E-state index contributed by atoms with van der Waals surface area (Å²) in [5, 5.41) is 5.39. The smallest absolute Gasteiger partial charge is 0.129 e. The number of nitrogens with one attached hydrogen (secondary N) is 1. The summed E-state index contributed by atoms with van der Waals surface area (Å²) in [6, 6.07) is 9.55. The highest BCUT2D eigenvalue weighted by atomic mass is 32.1. The van der Waals surface area contributed by atoms with E-state index in [0.29, 0.717) is 6.54 Å². The van der Waals surface area contributed by atoms with E-state index in [1.54, 1.807) is 23.5 Å². The minimum atomic E-state index is -0.124. The fourth-order valence-electron chi connectivity index (χ4n) is 2.37. The summed E-state index contributed by atoms with van der Waals surface area (Å²) in [5.74, 6) is -0.124. The molecule has 0 radical (unpaired) electrons. The molecule has 0 saturated carbocycles. The average molecular weight is 306 g/mol. The van der Waals surface area contributed by atoms with Crippen molar-refractivity contribution in [1.29, 1.82) is 0 Å². The van der Waals surface area contributed by atoms with E-state index >= 15 is 0 Å². The molecule has 0 bridgehead atoms. The molecule has 114 valence electrons. The van der Waals surface area contributed by atoms with Crippen molar-refractivity contribution in [2.24, 2.45) is 0 Å². The summed E-state index contributed by atoms with van der Waals surface area (Å²) in [6.45, 7) is 7.41. The van der Waals surface area contributed by atoms with Gasteiger partial charge in [0.1, 0.15) is 5.82 Å². The van der Waals surface area contributed by atoms with Crippen LogP contribution < -0.4 is 10.2 Å². The minimum absolute atomic E-state index is 0.124. The molecule has 21 heavy (non-hydrogen) atoms. The average Bonchev–Trinajstić information content (AvgIpc) is 3.00. The molecule has 0 aliphatic heterocycles. The molecule has 0 atom stereocenters. The monoisotopic (exact) mass is 306 g/mol.